The van der Waals surface area contributed by atoms with Crippen LogP contribution in [0, 0.1) is 12.7 Å². The summed E-state index contributed by atoms with van der Waals surface area (Å²) >= 11 is 5.95. The van der Waals surface area contributed by atoms with E-state index in [-0.39, 0.29) is 22.3 Å². The molecule has 0 unspecified atom stereocenters. The molecule has 2 rings (SSSR count). The zero-order valence-corrected chi connectivity index (χ0v) is 12.8. The van der Waals surface area contributed by atoms with Crippen molar-refractivity contribution in [1.82, 2.24) is 4.72 Å². The second kappa shape index (κ2) is 6.01. The zero-order chi connectivity index (χ0) is 15.6. The fourth-order valence-electron chi connectivity index (χ4n) is 1.69. The number of nitrogens with one attached hydrogen (secondary N) is 1. The van der Waals surface area contributed by atoms with Crippen molar-refractivity contribution in [3.8, 4) is 0 Å². The molecule has 0 saturated heterocycles. The van der Waals surface area contributed by atoms with Gasteiger partial charge >= 0.3 is 0 Å². The van der Waals surface area contributed by atoms with E-state index in [0.29, 0.717) is 16.8 Å². The largest absolute Gasteiger partial charge is 0.398 e. The van der Waals surface area contributed by atoms with Gasteiger partial charge in [-0.05, 0) is 42.3 Å². The van der Waals surface area contributed by atoms with Crippen LogP contribution < -0.4 is 10.5 Å². The lowest BCUT2D eigenvalue weighted by Crippen LogP contribution is -2.23. The summed E-state index contributed by atoms with van der Waals surface area (Å²) in [6.45, 7) is 1.76. The van der Waals surface area contributed by atoms with E-state index in [9.17, 15) is 12.8 Å². The average Bonchev–Trinajstić information content (AvgIpc) is 2.43. The molecule has 0 spiro atoms. The molecule has 2 aromatic rings. The first-order chi connectivity index (χ1) is 9.79. The monoisotopic (exact) mass is 328 g/mol. The van der Waals surface area contributed by atoms with Crippen LogP contribution in [0.25, 0.3) is 0 Å². The van der Waals surface area contributed by atoms with E-state index in [1.54, 1.807) is 6.92 Å². The Morgan fingerprint density at radius 3 is 2.43 bits per heavy atom. The first kappa shape index (κ1) is 15.8. The highest BCUT2D eigenvalue weighted by Gasteiger charge is 2.16. The molecule has 7 heteroatoms. The second-order valence-corrected chi connectivity index (χ2v) is 6.74. The van der Waals surface area contributed by atoms with Gasteiger partial charge in [0.1, 0.15) is 5.82 Å². The van der Waals surface area contributed by atoms with E-state index in [4.69, 9.17) is 17.3 Å². The van der Waals surface area contributed by atoms with Crippen LogP contribution in [0.1, 0.15) is 11.1 Å². The Hall–Kier alpha value is -1.63. The third kappa shape index (κ3) is 3.72. The fraction of sp³-hybridized carbons (Fsp3) is 0.143. The Labute approximate surface area is 127 Å². The van der Waals surface area contributed by atoms with Gasteiger partial charge in [0.15, 0.2) is 0 Å². The van der Waals surface area contributed by atoms with Crippen molar-refractivity contribution in [1.29, 1.82) is 0 Å². The van der Waals surface area contributed by atoms with Gasteiger partial charge in [-0.2, -0.15) is 0 Å². The van der Waals surface area contributed by atoms with Crippen molar-refractivity contribution >= 4 is 27.3 Å². The first-order valence-electron chi connectivity index (χ1n) is 6.09. The van der Waals surface area contributed by atoms with Crippen LogP contribution in [0.3, 0.4) is 0 Å². The molecule has 21 heavy (non-hydrogen) atoms. The quantitative estimate of drug-likeness (QED) is 0.848. The molecule has 0 aliphatic rings. The molecular formula is C14H14ClFN2O2S. The summed E-state index contributed by atoms with van der Waals surface area (Å²) in [5.74, 6) is -0.375. The van der Waals surface area contributed by atoms with Gasteiger partial charge in [0, 0.05) is 17.3 Å². The lowest BCUT2D eigenvalue weighted by Gasteiger charge is -2.10. The number of sulfonamides is 1. The fourth-order valence-corrected chi connectivity index (χ4v) is 3.06. The van der Waals surface area contributed by atoms with Crippen LogP contribution in [0.2, 0.25) is 5.02 Å². The smallest absolute Gasteiger partial charge is 0.240 e. The maximum Gasteiger partial charge on any atom is 0.240 e. The Balaban J connectivity index is 2.20. The van der Waals surface area contributed by atoms with Crippen LogP contribution in [0.15, 0.2) is 41.3 Å². The minimum absolute atomic E-state index is 0.00212. The summed E-state index contributed by atoms with van der Waals surface area (Å²) < 4.78 is 39.6. The van der Waals surface area contributed by atoms with Gasteiger partial charge in [-0.25, -0.2) is 17.5 Å². The maximum atomic E-state index is 12.8. The van der Waals surface area contributed by atoms with E-state index in [1.165, 1.54) is 36.4 Å². The molecule has 0 aromatic heterocycles. The molecular weight excluding hydrogens is 315 g/mol. The van der Waals surface area contributed by atoms with Gasteiger partial charge in [0.2, 0.25) is 10.0 Å². The Morgan fingerprint density at radius 1 is 1.24 bits per heavy atom. The van der Waals surface area contributed by atoms with E-state index in [0.717, 1.165) is 0 Å². The van der Waals surface area contributed by atoms with Crippen molar-refractivity contribution in [2.24, 2.45) is 0 Å². The van der Waals surface area contributed by atoms with Crippen LogP contribution in [-0.2, 0) is 16.6 Å². The van der Waals surface area contributed by atoms with Crippen LogP contribution in [0.5, 0.6) is 0 Å². The maximum absolute atomic E-state index is 12.8. The molecule has 0 aliphatic carbocycles. The van der Waals surface area contributed by atoms with Crippen molar-refractivity contribution in [2.45, 2.75) is 18.4 Å². The van der Waals surface area contributed by atoms with Gasteiger partial charge in [0.25, 0.3) is 0 Å². The van der Waals surface area contributed by atoms with E-state index >= 15 is 0 Å². The van der Waals surface area contributed by atoms with Gasteiger partial charge in [0.05, 0.1) is 4.90 Å². The molecule has 0 bridgehead atoms. The highest BCUT2D eigenvalue weighted by Crippen LogP contribution is 2.25. The molecule has 0 atom stereocenters. The molecule has 112 valence electrons. The lowest BCUT2D eigenvalue weighted by molar-refractivity contribution is 0.581. The number of hydrogen-bond acceptors (Lipinski definition) is 3. The summed E-state index contributed by atoms with van der Waals surface area (Å²) in [4.78, 5) is -0.00212. The number of benzene rings is 2. The van der Waals surface area contributed by atoms with Gasteiger partial charge in [-0.3, -0.25) is 0 Å². The van der Waals surface area contributed by atoms with Crippen LogP contribution >= 0.6 is 11.6 Å². The number of hydrogen-bond donors (Lipinski definition) is 2. The molecule has 0 heterocycles. The topological polar surface area (TPSA) is 72.2 Å². The van der Waals surface area contributed by atoms with Crippen LogP contribution in [-0.4, -0.2) is 8.42 Å². The average molecular weight is 329 g/mol. The van der Waals surface area contributed by atoms with E-state index < -0.39 is 10.0 Å². The summed E-state index contributed by atoms with van der Waals surface area (Å²) in [5, 5.41) is 0.289. The van der Waals surface area contributed by atoms with Crippen molar-refractivity contribution in [2.75, 3.05) is 5.73 Å². The van der Waals surface area contributed by atoms with Gasteiger partial charge in [-0.1, -0.05) is 23.7 Å². The number of rotatable bonds is 4. The Morgan fingerprint density at radius 2 is 1.86 bits per heavy atom. The summed E-state index contributed by atoms with van der Waals surface area (Å²) in [5.41, 5.74) is 7.31. The third-order valence-electron chi connectivity index (χ3n) is 3.05. The number of anilines is 1. The second-order valence-electron chi connectivity index (χ2n) is 4.57. The SMILES string of the molecule is Cc1c(N)cc(S(=O)(=O)NCc2ccc(F)cc2)cc1Cl. The predicted octanol–water partition coefficient (Wildman–Crippen LogP) is 2.85. The van der Waals surface area contributed by atoms with E-state index in [1.807, 2.05) is 0 Å². The van der Waals surface area contributed by atoms with Gasteiger partial charge in [-0.15, -0.1) is 0 Å². The number of nitrogen functional groups attached to an aromatic ring is 1. The summed E-state index contributed by atoms with van der Waals surface area (Å²) in [6.07, 6.45) is 0. The van der Waals surface area contributed by atoms with Crippen molar-refractivity contribution in [3.63, 3.8) is 0 Å². The Kier molecular flexibility index (Phi) is 4.51. The van der Waals surface area contributed by atoms with Crippen LogP contribution in [0.4, 0.5) is 10.1 Å². The molecule has 0 amide bonds. The molecule has 0 radical (unpaired) electrons. The molecule has 0 aliphatic heterocycles. The molecule has 0 saturated carbocycles. The molecule has 4 nitrogen and oxygen atoms in total. The number of nitrogens with two attached hydrogens (primary N) is 1. The third-order valence-corrected chi connectivity index (χ3v) is 4.82. The summed E-state index contributed by atoms with van der Waals surface area (Å²) in [6, 6.07) is 8.26. The molecule has 2 aromatic carbocycles. The zero-order valence-electron chi connectivity index (χ0n) is 11.2. The highest BCUT2D eigenvalue weighted by atomic mass is 35.5. The number of halogens is 2. The first-order valence-corrected chi connectivity index (χ1v) is 7.95. The predicted molar refractivity (Wildman–Crippen MR) is 81.0 cm³/mol. The standard InChI is InChI=1S/C14H14ClFN2O2S/c1-9-13(15)6-12(7-14(9)17)21(19,20)18-8-10-2-4-11(16)5-3-10/h2-7,18H,8,17H2,1H3. The molecule has 0 fully saturated rings. The minimum Gasteiger partial charge on any atom is -0.398 e. The molecule has 3 N–H and O–H groups in total. The lowest BCUT2D eigenvalue weighted by atomic mass is 10.2. The Bertz CT molecular complexity index is 738. The van der Waals surface area contributed by atoms with Gasteiger partial charge < -0.3 is 5.73 Å². The minimum atomic E-state index is -3.74. The van der Waals surface area contributed by atoms with E-state index in [2.05, 4.69) is 4.72 Å². The summed E-state index contributed by atoms with van der Waals surface area (Å²) in [7, 11) is -3.74. The normalized spacial score (nSPS) is 11.6. The van der Waals surface area contributed by atoms with Crippen molar-refractivity contribution < 1.29 is 12.8 Å². The van der Waals surface area contributed by atoms with Crippen molar-refractivity contribution in [3.05, 3.63) is 58.4 Å². The highest BCUT2D eigenvalue weighted by molar-refractivity contribution is 7.89.